The normalized spacial score (nSPS) is 23.2. The minimum absolute atomic E-state index is 0.0660. The molecule has 1 aliphatic carbocycles. The smallest absolute Gasteiger partial charge is 0.174 e. The van der Waals surface area contributed by atoms with E-state index in [1.807, 2.05) is 103 Å². The minimum atomic E-state index is -1.91. The Morgan fingerprint density at radius 2 is 1.17 bits per heavy atom. The van der Waals surface area contributed by atoms with Crippen LogP contribution in [-0.4, -0.2) is 20.9 Å². The van der Waals surface area contributed by atoms with E-state index in [2.05, 4.69) is 0 Å². The average molecular weight is 438 g/mol. The SMILES string of the molecule is OC1(O)CC=CC(POc2ccccc2)(POc2ccccc2)[C@H]1c1ccccc1. The maximum atomic E-state index is 11.0. The largest absolute Gasteiger partial charge is 0.476 e. The Balaban J connectivity index is 1.71. The molecule has 0 fully saturated rings. The second kappa shape index (κ2) is 9.29. The zero-order valence-electron chi connectivity index (χ0n) is 16.3. The molecule has 6 heteroatoms. The molecular formula is C24H24O4P2. The van der Waals surface area contributed by atoms with E-state index >= 15 is 0 Å². The highest BCUT2D eigenvalue weighted by molar-refractivity contribution is 7.55. The van der Waals surface area contributed by atoms with Crippen LogP contribution in [0.5, 0.6) is 11.5 Å². The van der Waals surface area contributed by atoms with Crippen LogP contribution in [0.3, 0.4) is 0 Å². The summed E-state index contributed by atoms with van der Waals surface area (Å²) < 4.78 is 12.3. The van der Waals surface area contributed by atoms with Gasteiger partial charge in [0, 0.05) is 6.42 Å². The average Bonchev–Trinajstić information content (AvgIpc) is 2.78. The maximum Gasteiger partial charge on any atom is 0.174 e. The number of aliphatic hydroxyl groups is 2. The molecule has 3 atom stereocenters. The first-order valence-corrected chi connectivity index (χ1v) is 11.6. The summed E-state index contributed by atoms with van der Waals surface area (Å²) in [5.41, 5.74) is 0.847. The molecule has 0 saturated carbocycles. The Bertz CT molecular complexity index is 919. The van der Waals surface area contributed by atoms with Gasteiger partial charge in [-0.05, 0) is 29.8 Å². The summed E-state index contributed by atoms with van der Waals surface area (Å²) >= 11 is 0. The van der Waals surface area contributed by atoms with Crippen LogP contribution in [0.4, 0.5) is 0 Å². The first-order chi connectivity index (χ1) is 14.6. The molecule has 2 unspecified atom stereocenters. The molecular weight excluding hydrogens is 414 g/mol. The van der Waals surface area contributed by atoms with Gasteiger partial charge in [-0.25, -0.2) is 0 Å². The third-order valence-electron chi connectivity index (χ3n) is 5.01. The highest BCUT2D eigenvalue weighted by Gasteiger charge is 2.53. The highest BCUT2D eigenvalue weighted by atomic mass is 31.1. The summed E-state index contributed by atoms with van der Waals surface area (Å²) in [6, 6.07) is 28.8. The van der Waals surface area contributed by atoms with Crippen LogP contribution in [0.1, 0.15) is 17.9 Å². The Morgan fingerprint density at radius 3 is 1.67 bits per heavy atom. The standard InChI is InChI=1S/C24H24O4P2/c25-23(26)17-10-18-24(22(23)19-11-4-1-5-12-19,29-27-20-13-6-2-7-14-20)30-28-21-15-8-3-9-16-21/h1-16,18,22,25-26,29-30H,17H2/t22-/m0/s1. The lowest BCUT2D eigenvalue weighted by Crippen LogP contribution is -2.47. The van der Waals surface area contributed by atoms with Crippen molar-refractivity contribution in [3.63, 3.8) is 0 Å². The van der Waals surface area contributed by atoms with Crippen molar-refractivity contribution in [3.05, 3.63) is 109 Å². The molecule has 0 spiro atoms. The molecule has 4 rings (SSSR count). The molecule has 30 heavy (non-hydrogen) atoms. The third kappa shape index (κ3) is 4.74. The fraction of sp³-hybridized carbons (Fsp3) is 0.167. The van der Waals surface area contributed by atoms with Crippen LogP contribution >= 0.6 is 17.6 Å². The van der Waals surface area contributed by atoms with E-state index in [1.54, 1.807) is 0 Å². The second-order valence-corrected chi connectivity index (χ2v) is 10.2. The lowest BCUT2D eigenvalue weighted by atomic mass is 9.81. The minimum Gasteiger partial charge on any atom is -0.476 e. The van der Waals surface area contributed by atoms with Gasteiger partial charge in [-0.3, -0.25) is 0 Å². The van der Waals surface area contributed by atoms with Gasteiger partial charge in [0.05, 0.1) is 23.5 Å². The molecule has 0 amide bonds. The van der Waals surface area contributed by atoms with Crippen LogP contribution in [0.25, 0.3) is 0 Å². The Labute approximate surface area is 180 Å². The molecule has 0 saturated heterocycles. The van der Waals surface area contributed by atoms with Gasteiger partial charge in [-0.15, -0.1) is 0 Å². The number of hydrogen-bond acceptors (Lipinski definition) is 4. The number of hydrogen-bond donors (Lipinski definition) is 2. The fourth-order valence-electron chi connectivity index (χ4n) is 3.64. The van der Waals surface area contributed by atoms with Crippen LogP contribution in [0.2, 0.25) is 0 Å². The van der Waals surface area contributed by atoms with Crippen LogP contribution in [0, 0.1) is 0 Å². The predicted octanol–water partition coefficient (Wildman–Crippen LogP) is 5.45. The van der Waals surface area contributed by atoms with Crippen LogP contribution < -0.4 is 9.05 Å². The fourth-order valence-corrected chi connectivity index (χ4v) is 6.36. The summed E-state index contributed by atoms with van der Waals surface area (Å²) in [5, 5.41) is 22.0. The van der Waals surface area contributed by atoms with Crippen molar-refractivity contribution in [2.45, 2.75) is 23.0 Å². The zero-order chi connectivity index (χ0) is 20.9. The van der Waals surface area contributed by atoms with Crippen LogP contribution in [-0.2, 0) is 0 Å². The van der Waals surface area contributed by atoms with Gasteiger partial charge in [0.25, 0.3) is 0 Å². The van der Waals surface area contributed by atoms with Gasteiger partial charge < -0.3 is 19.3 Å². The summed E-state index contributed by atoms with van der Waals surface area (Å²) in [6.45, 7) is 0. The summed E-state index contributed by atoms with van der Waals surface area (Å²) in [4.78, 5) is -0.727. The topological polar surface area (TPSA) is 58.9 Å². The van der Waals surface area contributed by atoms with Crippen molar-refractivity contribution in [1.29, 1.82) is 0 Å². The highest BCUT2D eigenvalue weighted by Crippen LogP contribution is 2.61. The van der Waals surface area contributed by atoms with E-state index in [1.165, 1.54) is 0 Å². The van der Waals surface area contributed by atoms with Crippen molar-refractivity contribution in [2.24, 2.45) is 0 Å². The lowest BCUT2D eigenvalue weighted by Gasteiger charge is -2.45. The molecule has 2 N–H and O–H groups in total. The van der Waals surface area contributed by atoms with Gasteiger partial charge in [-0.1, -0.05) is 78.9 Å². The van der Waals surface area contributed by atoms with Crippen molar-refractivity contribution < 1.29 is 19.3 Å². The Kier molecular flexibility index (Phi) is 6.51. The van der Waals surface area contributed by atoms with Crippen molar-refractivity contribution in [1.82, 2.24) is 0 Å². The number of rotatable bonds is 7. The Hall–Kier alpha value is -2.22. The van der Waals surface area contributed by atoms with Gasteiger partial charge in [0.2, 0.25) is 0 Å². The number of para-hydroxylation sites is 2. The monoisotopic (exact) mass is 438 g/mol. The number of allylic oxidation sites excluding steroid dienone is 1. The first kappa shape index (κ1) is 21.0. The second-order valence-electron chi connectivity index (χ2n) is 7.23. The van der Waals surface area contributed by atoms with E-state index < -0.39 is 16.6 Å². The first-order valence-electron chi connectivity index (χ1n) is 9.75. The van der Waals surface area contributed by atoms with Gasteiger partial charge >= 0.3 is 0 Å². The zero-order valence-corrected chi connectivity index (χ0v) is 18.3. The van der Waals surface area contributed by atoms with Gasteiger partial charge in [-0.2, -0.15) is 0 Å². The van der Waals surface area contributed by atoms with Crippen molar-refractivity contribution >= 4 is 17.6 Å². The molecule has 3 aromatic rings. The summed E-state index contributed by atoms with van der Waals surface area (Å²) in [7, 11) is -0.132. The lowest BCUT2D eigenvalue weighted by molar-refractivity contribution is -0.179. The summed E-state index contributed by atoms with van der Waals surface area (Å²) in [6.07, 6.45) is 4.01. The molecule has 0 heterocycles. The molecule has 0 aromatic heterocycles. The Morgan fingerprint density at radius 1 is 0.700 bits per heavy atom. The van der Waals surface area contributed by atoms with E-state index in [-0.39, 0.29) is 24.0 Å². The van der Waals surface area contributed by atoms with Crippen molar-refractivity contribution in [2.75, 3.05) is 0 Å². The molecule has 4 nitrogen and oxygen atoms in total. The maximum absolute atomic E-state index is 11.0. The molecule has 3 aromatic carbocycles. The molecule has 1 aliphatic rings. The van der Waals surface area contributed by atoms with Gasteiger partial charge in [0.15, 0.2) is 5.79 Å². The van der Waals surface area contributed by atoms with Crippen LogP contribution in [0.15, 0.2) is 103 Å². The predicted molar refractivity (Wildman–Crippen MR) is 124 cm³/mol. The van der Waals surface area contributed by atoms with E-state index in [9.17, 15) is 10.2 Å². The van der Waals surface area contributed by atoms with Crippen molar-refractivity contribution in [3.8, 4) is 11.5 Å². The number of benzene rings is 3. The third-order valence-corrected chi connectivity index (χ3v) is 7.89. The van der Waals surface area contributed by atoms with E-state index in [4.69, 9.17) is 9.05 Å². The van der Waals surface area contributed by atoms with E-state index in [0.717, 1.165) is 17.1 Å². The summed E-state index contributed by atoms with van der Waals surface area (Å²) in [5.74, 6) is -1.02. The molecule has 0 aliphatic heterocycles. The molecule has 0 bridgehead atoms. The van der Waals surface area contributed by atoms with E-state index in [0.29, 0.717) is 0 Å². The molecule has 0 radical (unpaired) electrons. The molecule has 154 valence electrons. The van der Waals surface area contributed by atoms with Gasteiger partial charge in [0.1, 0.15) is 16.4 Å². The quantitative estimate of drug-likeness (QED) is 0.293.